The molecule has 0 unspecified atom stereocenters. The zero-order valence-electron chi connectivity index (χ0n) is 18.9. The molecule has 1 aliphatic heterocycles. The predicted molar refractivity (Wildman–Crippen MR) is 128 cm³/mol. The van der Waals surface area contributed by atoms with Crippen molar-refractivity contribution in [1.29, 1.82) is 0 Å². The molecular weight excluding hydrogens is 422 g/mol. The molecule has 0 saturated carbocycles. The summed E-state index contributed by atoms with van der Waals surface area (Å²) in [6, 6.07) is 13.6. The molecule has 0 amide bonds. The molecule has 1 aromatic heterocycles. The van der Waals surface area contributed by atoms with Gasteiger partial charge in [0.25, 0.3) is 0 Å². The van der Waals surface area contributed by atoms with Crippen molar-refractivity contribution < 1.29 is 14.2 Å². The van der Waals surface area contributed by atoms with Gasteiger partial charge in [-0.05, 0) is 42.8 Å². The monoisotopic (exact) mass is 449 g/mol. The maximum atomic E-state index is 5.45. The summed E-state index contributed by atoms with van der Waals surface area (Å²) in [6.45, 7) is 4.73. The smallest absolute Gasteiger partial charge is 0.250 e. The van der Waals surface area contributed by atoms with Crippen molar-refractivity contribution in [2.75, 3.05) is 56.2 Å². The first kappa shape index (κ1) is 22.3. The minimum atomic E-state index is 0.331. The van der Waals surface area contributed by atoms with Crippen LogP contribution in [0.15, 0.2) is 47.6 Å². The van der Waals surface area contributed by atoms with Gasteiger partial charge in [-0.25, -0.2) is 5.43 Å². The Kier molecular flexibility index (Phi) is 7.16. The maximum Gasteiger partial charge on any atom is 0.250 e. The van der Waals surface area contributed by atoms with Crippen LogP contribution in [0.3, 0.4) is 0 Å². The number of benzene rings is 2. The van der Waals surface area contributed by atoms with E-state index in [4.69, 9.17) is 14.2 Å². The van der Waals surface area contributed by atoms with Gasteiger partial charge in [-0.3, -0.25) is 0 Å². The van der Waals surface area contributed by atoms with E-state index in [1.165, 1.54) is 5.56 Å². The zero-order valence-corrected chi connectivity index (χ0v) is 18.9. The Bertz CT molecular complexity index is 1100. The molecule has 0 radical (unpaired) electrons. The highest BCUT2D eigenvalue weighted by Crippen LogP contribution is 2.27. The number of nitrogens with zero attached hydrogens (tertiary/aromatic N) is 5. The number of rotatable bonds is 8. The van der Waals surface area contributed by atoms with Crippen LogP contribution < -0.4 is 25.1 Å². The van der Waals surface area contributed by atoms with Crippen molar-refractivity contribution in [3.63, 3.8) is 0 Å². The van der Waals surface area contributed by atoms with Crippen LogP contribution in [0.25, 0.3) is 0 Å². The first-order chi connectivity index (χ1) is 16.1. The van der Waals surface area contributed by atoms with Gasteiger partial charge in [0.05, 0.1) is 33.6 Å². The van der Waals surface area contributed by atoms with Gasteiger partial charge in [0.2, 0.25) is 17.8 Å². The number of aryl methyl sites for hydroxylation is 1. The summed E-state index contributed by atoms with van der Waals surface area (Å²) >= 11 is 0. The third kappa shape index (κ3) is 5.86. The van der Waals surface area contributed by atoms with Crippen LogP contribution in [0.2, 0.25) is 0 Å². The van der Waals surface area contributed by atoms with Gasteiger partial charge < -0.3 is 24.4 Å². The Morgan fingerprint density at radius 1 is 0.939 bits per heavy atom. The number of ether oxygens (including phenoxy) is 3. The van der Waals surface area contributed by atoms with E-state index >= 15 is 0 Å². The number of hydrogen-bond donors (Lipinski definition) is 2. The van der Waals surface area contributed by atoms with Gasteiger partial charge in [-0.2, -0.15) is 20.1 Å². The molecular formula is C23H27N7O3. The number of nitrogens with one attached hydrogen (secondary N) is 2. The zero-order chi connectivity index (χ0) is 23.0. The number of hydrazone groups is 1. The Labute approximate surface area is 192 Å². The van der Waals surface area contributed by atoms with Crippen molar-refractivity contribution in [1.82, 2.24) is 15.0 Å². The molecule has 4 rings (SSSR count). The molecule has 2 heterocycles. The van der Waals surface area contributed by atoms with E-state index in [0.29, 0.717) is 55.6 Å². The highest BCUT2D eigenvalue weighted by atomic mass is 16.5. The minimum Gasteiger partial charge on any atom is -0.493 e. The van der Waals surface area contributed by atoms with Crippen LogP contribution in [-0.4, -0.2) is 61.7 Å². The van der Waals surface area contributed by atoms with Crippen LogP contribution in [0.1, 0.15) is 11.1 Å². The van der Waals surface area contributed by atoms with Gasteiger partial charge in [-0.15, -0.1) is 0 Å². The summed E-state index contributed by atoms with van der Waals surface area (Å²) in [5.74, 6) is 2.60. The lowest BCUT2D eigenvalue weighted by Crippen LogP contribution is -2.37. The van der Waals surface area contributed by atoms with E-state index in [-0.39, 0.29) is 0 Å². The van der Waals surface area contributed by atoms with E-state index in [1.54, 1.807) is 20.4 Å². The van der Waals surface area contributed by atoms with Crippen molar-refractivity contribution in [3.8, 4) is 11.5 Å². The van der Waals surface area contributed by atoms with Crippen molar-refractivity contribution in [3.05, 3.63) is 53.6 Å². The lowest BCUT2D eigenvalue weighted by Gasteiger charge is -2.27. The summed E-state index contributed by atoms with van der Waals surface area (Å²) in [5, 5.41) is 7.54. The van der Waals surface area contributed by atoms with E-state index in [9.17, 15) is 0 Å². The fourth-order valence-corrected chi connectivity index (χ4v) is 3.24. The SMILES string of the molecule is COc1ccc(/C=N/Nc2nc(Nc3ccc(C)cc3)nc(N3CCOCC3)n2)cc1OC. The van der Waals surface area contributed by atoms with E-state index in [1.807, 2.05) is 49.4 Å². The van der Waals surface area contributed by atoms with E-state index < -0.39 is 0 Å². The Morgan fingerprint density at radius 3 is 2.39 bits per heavy atom. The Morgan fingerprint density at radius 2 is 1.67 bits per heavy atom. The van der Waals surface area contributed by atoms with Gasteiger partial charge in [0.15, 0.2) is 11.5 Å². The van der Waals surface area contributed by atoms with Crippen molar-refractivity contribution in [2.45, 2.75) is 6.92 Å². The largest absolute Gasteiger partial charge is 0.493 e. The normalized spacial score (nSPS) is 13.7. The first-order valence-corrected chi connectivity index (χ1v) is 10.6. The molecule has 3 aromatic rings. The number of aromatic nitrogens is 3. The highest BCUT2D eigenvalue weighted by molar-refractivity contribution is 5.81. The van der Waals surface area contributed by atoms with Crippen LogP contribution in [0.5, 0.6) is 11.5 Å². The van der Waals surface area contributed by atoms with Gasteiger partial charge in [0.1, 0.15) is 0 Å². The van der Waals surface area contributed by atoms with Crippen LogP contribution in [0, 0.1) is 6.92 Å². The van der Waals surface area contributed by atoms with Crippen LogP contribution in [0.4, 0.5) is 23.5 Å². The second-order valence-corrected chi connectivity index (χ2v) is 7.36. The number of methoxy groups -OCH3 is 2. The molecule has 10 nitrogen and oxygen atoms in total. The molecule has 0 bridgehead atoms. The molecule has 0 atom stereocenters. The summed E-state index contributed by atoms with van der Waals surface area (Å²) in [5.41, 5.74) is 5.81. The molecule has 1 saturated heterocycles. The maximum absolute atomic E-state index is 5.45. The van der Waals surface area contributed by atoms with E-state index in [2.05, 4.69) is 35.7 Å². The van der Waals surface area contributed by atoms with Gasteiger partial charge in [0, 0.05) is 18.8 Å². The molecule has 10 heteroatoms. The number of morpholine rings is 1. The lowest BCUT2D eigenvalue weighted by atomic mass is 10.2. The average Bonchev–Trinajstić information content (AvgIpc) is 2.86. The Hall–Kier alpha value is -3.92. The molecule has 0 spiro atoms. The molecule has 2 aromatic carbocycles. The quantitative estimate of drug-likeness (QED) is 0.396. The molecule has 1 fully saturated rings. The summed E-state index contributed by atoms with van der Waals surface area (Å²) in [4.78, 5) is 15.7. The fourth-order valence-electron chi connectivity index (χ4n) is 3.24. The van der Waals surface area contributed by atoms with Crippen molar-refractivity contribution in [2.24, 2.45) is 5.10 Å². The fraction of sp³-hybridized carbons (Fsp3) is 0.304. The first-order valence-electron chi connectivity index (χ1n) is 10.6. The van der Waals surface area contributed by atoms with Gasteiger partial charge >= 0.3 is 0 Å². The molecule has 1 aliphatic rings. The summed E-state index contributed by atoms with van der Waals surface area (Å²) < 4.78 is 16.1. The average molecular weight is 450 g/mol. The lowest BCUT2D eigenvalue weighted by molar-refractivity contribution is 0.122. The Balaban J connectivity index is 1.55. The minimum absolute atomic E-state index is 0.331. The standard InChI is InChI=1S/C23H27N7O3/c1-16-4-7-18(8-5-16)25-21-26-22(28-23(27-21)30-10-12-33-13-11-30)29-24-15-17-6-9-19(31-2)20(14-17)32-3/h4-9,14-15H,10-13H2,1-3H3,(H2,25,26,27,28,29)/b24-15+. The van der Waals surface area contributed by atoms with Crippen LogP contribution in [-0.2, 0) is 4.74 Å². The second-order valence-electron chi connectivity index (χ2n) is 7.36. The van der Waals surface area contributed by atoms with Crippen molar-refractivity contribution >= 4 is 29.7 Å². The summed E-state index contributed by atoms with van der Waals surface area (Å²) in [7, 11) is 3.19. The molecule has 0 aliphatic carbocycles. The second kappa shape index (κ2) is 10.6. The number of anilines is 4. The van der Waals surface area contributed by atoms with Gasteiger partial charge in [-0.1, -0.05) is 17.7 Å². The molecule has 2 N–H and O–H groups in total. The summed E-state index contributed by atoms with van der Waals surface area (Å²) in [6.07, 6.45) is 1.66. The van der Waals surface area contributed by atoms with Crippen LogP contribution >= 0.6 is 0 Å². The highest BCUT2D eigenvalue weighted by Gasteiger charge is 2.16. The topological polar surface area (TPSA) is 106 Å². The molecule has 172 valence electrons. The third-order valence-electron chi connectivity index (χ3n) is 5.01. The number of hydrogen-bond acceptors (Lipinski definition) is 10. The van der Waals surface area contributed by atoms with E-state index in [0.717, 1.165) is 11.3 Å². The molecule has 33 heavy (non-hydrogen) atoms. The third-order valence-corrected chi connectivity index (χ3v) is 5.01. The predicted octanol–water partition coefficient (Wildman–Crippen LogP) is 3.22.